The smallest absolute Gasteiger partial charge is 0.294 e. The maximum atomic E-state index is 12.9. The van der Waals surface area contributed by atoms with Crippen LogP contribution in [0.4, 0.5) is 4.79 Å². The van der Waals surface area contributed by atoms with Crippen LogP contribution in [-0.2, 0) is 22.6 Å². The number of halogens is 2. The van der Waals surface area contributed by atoms with Gasteiger partial charge in [0.15, 0.2) is 0 Å². The van der Waals surface area contributed by atoms with Crippen LogP contribution in [0.2, 0.25) is 0 Å². The third kappa shape index (κ3) is 5.46. The molecule has 170 valence electrons. The molecule has 2 aliphatic heterocycles. The Bertz CT molecular complexity index is 1160. The van der Waals surface area contributed by atoms with E-state index >= 15 is 0 Å². The first-order valence-corrected chi connectivity index (χ1v) is 13.2. The molecule has 4 rings (SSSR count). The summed E-state index contributed by atoms with van der Waals surface area (Å²) in [4.78, 5) is 41.4. The SMILES string of the molecule is C=CCOc1c(I)cc(/C=C2\SC(=O)N(CC(=O)N3CCc4ccccc4C3)C2=O)cc1I. The van der Waals surface area contributed by atoms with Gasteiger partial charge < -0.3 is 9.64 Å². The van der Waals surface area contributed by atoms with E-state index in [1.54, 1.807) is 17.1 Å². The van der Waals surface area contributed by atoms with Crippen molar-refractivity contribution in [3.8, 4) is 5.75 Å². The van der Waals surface area contributed by atoms with Gasteiger partial charge in [0.05, 0.1) is 12.0 Å². The highest BCUT2D eigenvalue weighted by Crippen LogP contribution is 2.35. The minimum atomic E-state index is -0.437. The lowest BCUT2D eigenvalue weighted by Crippen LogP contribution is -2.44. The third-order valence-corrected chi connectivity index (χ3v) is 7.82. The van der Waals surface area contributed by atoms with E-state index in [0.29, 0.717) is 24.6 Å². The van der Waals surface area contributed by atoms with Gasteiger partial charge in [-0.2, -0.15) is 0 Å². The Morgan fingerprint density at radius 2 is 1.85 bits per heavy atom. The van der Waals surface area contributed by atoms with Crippen LogP contribution in [0.3, 0.4) is 0 Å². The summed E-state index contributed by atoms with van der Waals surface area (Å²) in [5.41, 5.74) is 3.14. The Hall–Kier alpha value is -1.86. The molecular formula is C24H20I2N2O4S. The zero-order valence-corrected chi connectivity index (χ0v) is 22.7. The van der Waals surface area contributed by atoms with E-state index < -0.39 is 11.1 Å². The summed E-state index contributed by atoms with van der Waals surface area (Å²) in [6.07, 6.45) is 4.14. The van der Waals surface area contributed by atoms with Crippen LogP contribution in [0.15, 0.2) is 54.0 Å². The van der Waals surface area contributed by atoms with Gasteiger partial charge in [-0.1, -0.05) is 36.9 Å². The molecule has 0 aromatic heterocycles. The normalized spacial score (nSPS) is 16.8. The molecule has 0 unspecified atom stereocenters. The Morgan fingerprint density at radius 1 is 1.15 bits per heavy atom. The van der Waals surface area contributed by atoms with Crippen molar-refractivity contribution in [3.05, 3.63) is 77.8 Å². The van der Waals surface area contributed by atoms with Crippen LogP contribution in [0, 0.1) is 7.14 Å². The average molecular weight is 686 g/mol. The van der Waals surface area contributed by atoms with Crippen molar-refractivity contribution in [2.45, 2.75) is 13.0 Å². The number of carbonyl (C=O) groups is 3. The van der Waals surface area contributed by atoms with Gasteiger partial charge in [-0.15, -0.1) is 0 Å². The fraction of sp³-hybridized carbons (Fsp3) is 0.208. The monoisotopic (exact) mass is 686 g/mol. The highest BCUT2D eigenvalue weighted by Gasteiger charge is 2.37. The molecule has 0 bridgehead atoms. The summed E-state index contributed by atoms with van der Waals surface area (Å²) in [5, 5.41) is -0.424. The van der Waals surface area contributed by atoms with Crippen molar-refractivity contribution in [2.75, 3.05) is 19.7 Å². The maximum Gasteiger partial charge on any atom is 0.294 e. The molecule has 0 atom stereocenters. The molecule has 3 amide bonds. The van der Waals surface area contributed by atoms with Crippen molar-refractivity contribution in [1.29, 1.82) is 0 Å². The molecular weight excluding hydrogens is 666 g/mol. The van der Waals surface area contributed by atoms with Crippen LogP contribution in [-0.4, -0.2) is 46.5 Å². The van der Waals surface area contributed by atoms with Crippen LogP contribution in [0.25, 0.3) is 6.08 Å². The third-order valence-electron chi connectivity index (χ3n) is 5.31. The minimum absolute atomic E-state index is 0.221. The summed E-state index contributed by atoms with van der Waals surface area (Å²) in [6, 6.07) is 11.8. The number of thioether (sulfide) groups is 1. The van der Waals surface area contributed by atoms with Crippen LogP contribution < -0.4 is 4.74 Å². The van der Waals surface area contributed by atoms with Crippen molar-refractivity contribution in [1.82, 2.24) is 9.80 Å². The molecule has 1 saturated heterocycles. The second-order valence-corrected chi connectivity index (χ2v) is 10.8. The van der Waals surface area contributed by atoms with Crippen molar-refractivity contribution in [2.24, 2.45) is 0 Å². The van der Waals surface area contributed by atoms with Crippen molar-refractivity contribution >= 4 is 80.1 Å². The van der Waals surface area contributed by atoms with Gasteiger partial charge in [-0.25, -0.2) is 0 Å². The average Bonchev–Trinajstić information content (AvgIpc) is 3.05. The van der Waals surface area contributed by atoms with E-state index in [0.717, 1.165) is 47.1 Å². The molecule has 6 nitrogen and oxygen atoms in total. The lowest BCUT2D eigenvalue weighted by Gasteiger charge is -2.29. The van der Waals surface area contributed by atoms with Crippen LogP contribution in [0.1, 0.15) is 16.7 Å². The number of imide groups is 1. The van der Waals surface area contributed by atoms with Gasteiger partial charge in [-0.05, 0) is 98.3 Å². The standard InChI is InChI=1S/C24H20I2N2O4S/c1-2-9-32-22-18(25)10-15(11-19(22)26)12-20-23(30)28(24(31)33-20)14-21(29)27-8-7-16-5-3-4-6-17(16)13-27/h2-6,10-12H,1,7-9,13-14H2/b20-12-. The molecule has 2 aliphatic rings. The topological polar surface area (TPSA) is 66.9 Å². The summed E-state index contributed by atoms with van der Waals surface area (Å²) in [7, 11) is 0. The van der Waals surface area contributed by atoms with Gasteiger partial charge in [0, 0.05) is 13.1 Å². The second-order valence-electron chi connectivity index (χ2n) is 7.52. The fourth-order valence-corrected chi connectivity index (χ4v) is 6.64. The summed E-state index contributed by atoms with van der Waals surface area (Å²) in [6.45, 7) is 4.90. The number of amides is 3. The Balaban J connectivity index is 1.46. The van der Waals surface area contributed by atoms with E-state index in [-0.39, 0.29) is 12.5 Å². The molecule has 0 saturated carbocycles. The lowest BCUT2D eigenvalue weighted by molar-refractivity contribution is -0.136. The largest absolute Gasteiger partial charge is 0.487 e. The molecule has 0 aliphatic carbocycles. The first-order chi connectivity index (χ1) is 15.9. The number of fused-ring (bicyclic) bond motifs is 1. The van der Waals surface area contributed by atoms with E-state index in [4.69, 9.17) is 4.74 Å². The first-order valence-electron chi connectivity index (χ1n) is 10.2. The minimum Gasteiger partial charge on any atom is -0.487 e. The van der Waals surface area contributed by atoms with Crippen molar-refractivity contribution < 1.29 is 19.1 Å². The van der Waals surface area contributed by atoms with Crippen LogP contribution >= 0.6 is 56.9 Å². The highest BCUT2D eigenvalue weighted by atomic mass is 127. The first kappa shape index (κ1) is 24.3. The lowest BCUT2D eigenvalue weighted by atomic mass is 10.00. The van der Waals surface area contributed by atoms with Gasteiger partial charge in [-0.3, -0.25) is 19.3 Å². The Labute approximate surface area is 223 Å². The van der Waals surface area contributed by atoms with Crippen LogP contribution in [0.5, 0.6) is 5.75 Å². The number of carbonyl (C=O) groups excluding carboxylic acids is 3. The number of benzene rings is 2. The second kappa shape index (κ2) is 10.6. The number of hydrogen-bond donors (Lipinski definition) is 0. The fourth-order valence-electron chi connectivity index (χ4n) is 3.67. The number of ether oxygens (including phenoxy) is 1. The highest BCUT2D eigenvalue weighted by molar-refractivity contribution is 14.1. The number of nitrogens with zero attached hydrogens (tertiary/aromatic N) is 2. The quantitative estimate of drug-likeness (QED) is 0.241. The number of hydrogen-bond acceptors (Lipinski definition) is 5. The Kier molecular flexibility index (Phi) is 7.80. The zero-order chi connectivity index (χ0) is 23.5. The van der Waals surface area contributed by atoms with E-state index in [9.17, 15) is 14.4 Å². The predicted molar refractivity (Wildman–Crippen MR) is 146 cm³/mol. The molecule has 1 fully saturated rings. The van der Waals surface area contributed by atoms with Gasteiger partial charge in [0.1, 0.15) is 18.9 Å². The molecule has 33 heavy (non-hydrogen) atoms. The maximum absolute atomic E-state index is 12.9. The molecule has 2 aromatic rings. The molecule has 2 heterocycles. The molecule has 0 spiro atoms. The summed E-state index contributed by atoms with van der Waals surface area (Å²) >= 11 is 5.22. The Morgan fingerprint density at radius 3 is 2.55 bits per heavy atom. The molecule has 9 heteroatoms. The summed E-state index contributed by atoms with van der Waals surface area (Å²) < 4.78 is 7.48. The predicted octanol–water partition coefficient (Wildman–Crippen LogP) is 5.08. The molecule has 0 radical (unpaired) electrons. The number of rotatable bonds is 6. The van der Waals surface area contributed by atoms with Crippen molar-refractivity contribution in [3.63, 3.8) is 0 Å². The van der Waals surface area contributed by atoms with Gasteiger partial charge in [0.2, 0.25) is 5.91 Å². The zero-order valence-electron chi connectivity index (χ0n) is 17.6. The summed E-state index contributed by atoms with van der Waals surface area (Å²) in [5.74, 6) is 0.101. The van der Waals surface area contributed by atoms with Gasteiger partial charge in [0.25, 0.3) is 11.1 Å². The molecule has 0 N–H and O–H groups in total. The van der Waals surface area contributed by atoms with E-state index in [1.165, 1.54) is 5.56 Å². The van der Waals surface area contributed by atoms with E-state index in [1.807, 2.05) is 30.3 Å². The molecule has 2 aromatic carbocycles. The van der Waals surface area contributed by atoms with E-state index in [2.05, 4.69) is 57.8 Å². The van der Waals surface area contributed by atoms with Gasteiger partial charge >= 0.3 is 0 Å².